The predicted molar refractivity (Wildman–Crippen MR) is 84.7 cm³/mol. The zero-order valence-electron chi connectivity index (χ0n) is 12.1. The second kappa shape index (κ2) is 7.88. The molecular formula is C15H25BrN2O. The highest BCUT2D eigenvalue weighted by Crippen LogP contribution is 2.23. The van der Waals surface area contributed by atoms with Crippen molar-refractivity contribution in [2.45, 2.75) is 26.7 Å². The molecule has 4 heteroatoms. The first kappa shape index (κ1) is 16.5. The maximum atomic E-state index is 5.72. The topological polar surface area (TPSA) is 47.3 Å². The van der Waals surface area contributed by atoms with E-state index in [-0.39, 0.29) is 5.41 Å². The van der Waals surface area contributed by atoms with Crippen molar-refractivity contribution in [3.05, 3.63) is 28.2 Å². The molecule has 0 aliphatic heterocycles. The Morgan fingerprint density at radius 3 is 2.68 bits per heavy atom. The zero-order chi connectivity index (χ0) is 14.3. The average Bonchev–Trinajstić information content (AvgIpc) is 2.38. The molecule has 0 spiro atoms. The summed E-state index contributed by atoms with van der Waals surface area (Å²) in [5, 5.41) is 3.47. The van der Waals surface area contributed by atoms with E-state index in [4.69, 9.17) is 10.5 Å². The number of rotatable bonds is 8. The molecule has 0 saturated heterocycles. The molecule has 1 rings (SSSR count). The highest BCUT2D eigenvalue weighted by molar-refractivity contribution is 9.10. The number of methoxy groups -OCH3 is 1. The summed E-state index contributed by atoms with van der Waals surface area (Å²) >= 11 is 3.49. The van der Waals surface area contributed by atoms with Gasteiger partial charge in [0.2, 0.25) is 0 Å². The minimum atomic E-state index is 0.223. The lowest BCUT2D eigenvalue weighted by Gasteiger charge is -2.22. The lowest BCUT2D eigenvalue weighted by Crippen LogP contribution is -2.29. The highest BCUT2D eigenvalue weighted by atomic mass is 79.9. The summed E-state index contributed by atoms with van der Waals surface area (Å²) in [7, 11) is 1.71. The maximum Gasteiger partial charge on any atom is 0.122 e. The van der Waals surface area contributed by atoms with Gasteiger partial charge in [-0.05, 0) is 61.7 Å². The Labute approximate surface area is 125 Å². The van der Waals surface area contributed by atoms with Gasteiger partial charge in [-0.25, -0.2) is 0 Å². The Morgan fingerprint density at radius 2 is 2.05 bits per heavy atom. The lowest BCUT2D eigenvalue weighted by atomic mass is 9.90. The molecule has 1 aromatic carbocycles. The van der Waals surface area contributed by atoms with E-state index in [0.717, 1.165) is 42.7 Å². The van der Waals surface area contributed by atoms with Crippen LogP contribution in [-0.4, -0.2) is 26.7 Å². The molecule has 0 radical (unpaired) electrons. The summed E-state index contributed by atoms with van der Waals surface area (Å²) in [6.45, 7) is 7.08. The number of hydrogen-bond acceptors (Lipinski definition) is 3. The number of benzene rings is 1. The second-order valence-corrected chi connectivity index (χ2v) is 6.49. The van der Waals surface area contributed by atoms with Crippen molar-refractivity contribution in [1.82, 2.24) is 5.32 Å². The van der Waals surface area contributed by atoms with E-state index in [0.29, 0.717) is 0 Å². The summed E-state index contributed by atoms with van der Waals surface area (Å²) in [5.41, 5.74) is 7.16. The lowest BCUT2D eigenvalue weighted by molar-refractivity contribution is 0.339. The number of halogens is 1. The quantitative estimate of drug-likeness (QED) is 0.721. The number of nitrogens with two attached hydrogens (primary N) is 1. The molecule has 3 nitrogen and oxygen atoms in total. The first-order valence-corrected chi connectivity index (χ1v) is 7.51. The number of nitrogens with one attached hydrogen (secondary N) is 1. The minimum absolute atomic E-state index is 0.223. The van der Waals surface area contributed by atoms with E-state index in [1.807, 2.05) is 12.1 Å². The fourth-order valence-corrected chi connectivity index (χ4v) is 2.23. The molecule has 0 aromatic heterocycles. The third-order valence-corrected chi connectivity index (χ3v) is 3.84. The van der Waals surface area contributed by atoms with Crippen LogP contribution in [-0.2, 0) is 6.42 Å². The molecule has 0 aliphatic rings. The van der Waals surface area contributed by atoms with Gasteiger partial charge in [0, 0.05) is 4.47 Å². The van der Waals surface area contributed by atoms with E-state index in [1.165, 1.54) is 5.56 Å². The van der Waals surface area contributed by atoms with Crippen LogP contribution in [0.2, 0.25) is 0 Å². The van der Waals surface area contributed by atoms with Crippen LogP contribution in [0.1, 0.15) is 25.8 Å². The number of hydrogen-bond donors (Lipinski definition) is 2. The molecule has 19 heavy (non-hydrogen) atoms. The third-order valence-electron chi connectivity index (χ3n) is 3.34. The van der Waals surface area contributed by atoms with Crippen molar-refractivity contribution in [1.29, 1.82) is 0 Å². The first-order chi connectivity index (χ1) is 8.98. The van der Waals surface area contributed by atoms with Gasteiger partial charge in [0.15, 0.2) is 0 Å². The molecule has 1 aromatic rings. The van der Waals surface area contributed by atoms with E-state index in [9.17, 15) is 0 Å². The Hall–Kier alpha value is -0.580. The fourth-order valence-electron chi connectivity index (χ4n) is 1.82. The Kier molecular flexibility index (Phi) is 6.83. The molecule has 0 unspecified atom stereocenters. The van der Waals surface area contributed by atoms with Crippen LogP contribution in [0, 0.1) is 5.41 Å². The Balaban J connectivity index is 2.35. The van der Waals surface area contributed by atoms with Crippen molar-refractivity contribution >= 4 is 15.9 Å². The van der Waals surface area contributed by atoms with Crippen LogP contribution in [0.3, 0.4) is 0 Å². The summed E-state index contributed by atoms with van der Waals surface area (Å²) in [4.78, 5) is 0. The average molecular weight is 329 g/mol. The van der Waals surface area contributed by atoms with Gasteiger partial charge in [-0.1, -0.05) is 29.8 Å². The van der Waals surface area contributed by atoms with E-state index in [1.54, 1.807) is 7.11 Å². The fraction of sp³-hybridized carbons (Fsp3) is 0.600. The van der Waals surface area contributed by atoms with Gasteiger partial charge in [0.25, 0.3) is 0 Å². The van der Waals surface area contributed by atoms with Crippen LogP contribution in [0.15, 0.2) is 22.7 Å². The van der Waals surface area contributed by atoms with E-state index >= 15 is 0 Å². The van der Waals surface area contributed by atoms with Crippen molar-refractivity contribution in [2.24, 2.45) is 11.1 Å². The molecule has 0 amide bonds. The molecule has 0 heterocycles. The smallest absolute Gasteiger partial charge is 0.122 e. The van der Waals surface area contributed by atoms with Crippen LogP contribution >= 0.6 is 15.9 Å². The summed E-state index contributed by atoms with van der Waals surface area (Å²) in [6, 6.07) is 6.11. The SMILES string of the molecule is COc1ccc(Br)cc1CCNCCC(C)(C)CN. The van der Waals surface area contributed by atoms with Crippen LogP contribution in [0.5, 0.6) is 5.75 Å². The summed E-state index contributed by atoms with van der Waals surface area (Å²) in [5.74, 6) is 0.951. The van der Waals surface area contributed by atoms with Gasteiger partial charge < -0.3 is 15.8 Å². The van der Waals surface area contributed by atoms with Crippen molar-refractivity contribution < 1.29 is 4.74 Å². The maximum absolute atomic E-state index is 5.72. The van der Waals surface area contributed by atoms with Crippen LogP contribution in [0.25, 0.3) is 0 Å². The standard InChI is InChI=1S/C15H25BrN2O/c1-15(2,11-17)7-9-18-8-6-12-10-13(16)4-5-14(12)19-3/h4-5,10,18H,6-9,11,17H2,1-3H3. The van der Waals surface area contributed by atoms with Gasteiger partial charge >= 0.3 is 0 Å². The van der Waals surface area contributed by atoms with Gasteiger partial charge in [0.05, 0.1) is 7.11 Å². The van der Waals surface area contributed by atoms with Gasteiger partial charge in [-0.15, -0.1) is 0 Å². The third kappa shape index (κ3) is 5.93. The van der Waals surface area contributed by atoms with Crippen LogP contribution in [0.4, 0.5) is 0 Å². The van der Waals surface area contributed by atoms with Crippen molar-refractivity contribution in [3.63, 3.8) is 0 Å². The molecule has 3 N–H and O–H groups in total. The van der Waals surface area contributed by atoms with Crippen LogP contribution < -0.4 is 15.8 Å². The molecular weight excluding hydrogens is 304 g/mol. The van der Waals surface area contributed by atoms with E-state index in [2.05, 4.69) is 41.2 Å². The summed E-state index contributed by atoms with van der Waals surface area (Å²) in [6.07, 6.45) is 2.06. The molecule has 0 aliphatic carbocycles. The number of ether oxygens (including phenoxy) is 1. The molecule has 0 atom stereocenters. The summed E-state index contributed by atoms with van der Waals surface area (Å²) < 4.78 is 6.45. The molecule has 0 saturated carbocycles. The normalized spacial score (nSPS) is 11.6. The monoisotopic (exact) mass is 328 g/mol. The van der Waals surface area contributed by atoms with Crippen molar-refractivity contribution in [2.75, 3.05) is 26.7 Å². The first-order valence-electron chi connectivity index (χ1n) is 6.72. The van der Waals surface area contributed by atoms with E-state index < -0.39 is 0 Å². The second-order valence-electron chi connectivity index (χ2n) is 5.57. The minimum Gasteiger partial charge on any atom is -0.496 e. The predicted octanol–water partition coefficient (Wildman–Crippen LogP) is 2.96. The molecule has 0 bridgehead atoms. The van der Waals surface area contributed by atoms with Gasteiger partial charge in [-0.3, -0.25) is 0 Å². The van der Waals surface area contributed by atoms with Gasteiger partial charge in [-0.2, -0.15) is 0 Å². The zero-order valence-corrected chi connectivity index (χ0v) is 13.7. The van der Waals surface area contributed by atoms with Crippen molar-refractivity contribution in [3.8, 4) is 5.75 Å². The Morgan fingerprint density at radius 1 is 1.32 bits per heavy atom. The Bertz CT molecular complexity index is 394. The molecule has 108 valence electrons. The van der Waals surface area contributed by atoms with Gasteiger partial charge in [0.1, 0.15) is 5.75 Å². The molecule has 0 fully saturated rings. The largest absolute Gasteiger partial charge is 0.496 e. The highest BCUT2D eigenvalue weighted by Gasteiger charge is 2.14.